The number of ether oxygens (including phenoxy) is 1. The first-order chi connectivity index (χ1) is 9.67. The molecule has 1 rings (SSSR count). The van der Waals surface area contributed by atoms with Gasteiger partial charge in [-0.15, -0.1) is 30.4 Å². The zero-order valence-electron chi connectivity index (χ0n) is 12.3. The second-order valence-electron chi connectivity index (χ2n) is 4.10. The van der Waals surface area contributed by atoms with Gasteiger partial charge in [0.15, 0.2) is 5.96 Å². The summed E-state index contributed by atoms with van der Waals surface area (Å²) in [4.78, 5) is 6.27. The van der Waals surface area contributed by atoms with Crippen LogP contribution >= 0.6 is 35.6 Å². The largest absolute Gasteiger partial charge is 0.492 e. The second kappa shape index (κ2) is 11.5. The predicted molar refractivity (Wildman–Crippen MR) is 99.8 cm³/mol. The highest BCUT2D eigenvalue weighted by Crippen LogP contribution is 2.15. The summed E-state index contributed by atoms with van der Waals surface area (Å²) < 4.78 is 5.64. The third-order valence-electron chi connectivity index (χ3n) is 2.53. The number of guanidine groups is 1. The summed E-state index contributed by atoms with van der Waals surface area (Å²) in [7, 11) is 1.95. The van der Waals surface area contributed by atoms with Crippen molar-refractivity contribution < 1.29 is 4.74 Å². The zero-order valence-corrected chi connectivity index (χ0v) is 15.4. The molecule has 0 spiro atoms. The Morgan fingerprint density at radius 1 is 1.43 bits per heavy atom. The maximum atomic E-state index is 5.82. The van der Waals surface area contributed by atoms with Gasteiger partial charge in [-0.3, -0.25) is 0 Å². The van der Waals surface area contributed by atoms with E-state index in [4.69, 9.17) is 22.8 Å². The van der Waals surface area contributed by atoms with Crippen LogP contribution in [0.25, 0.3) is 0 Å². The highest BCUT2D eigenvalue weighted by Gasteiger charge is 2.05. The lowest BCUT2D eigenvalue weighted by atomic mass is 10.3. The standard InChI is InChI=1S/C15H20ClN3O.HI/c1-4-10-18-15(17-5-2)19(3)11-12-20-14-8-6-13(16)7-9-14;/h1,6-9H,5,10-12H2,2-3H3,(H,17,18);1H. The van der Waals surface area contributed by atoms with Crippen LogP contribution in [0, 0.1) is 12.3 Å². The van der Waals surface area contributed by atoms with Crippen molar-refractivity contribution >= 4 is 41.5 Å². The van der Waals surface area contributed by atoms with Crippen LogP contribution in [-0.2, 0) is 0 Å². The van der Waals surface area contributed by atoms with Gasteiger partial charge in [0.2, 0.25) is 0 Å². The molecule has 6 heteroatoms. The van der Waals surface area contributed by atoms with Gasteiger partial charge in [0.05, 0.1) is 6.54 Å². The van der Waals surface area contributed by atoms with Crippen LogP contribution in [0.5, 0.6) is 5.75 Å². The fraction of sp³-hybridized carbons (Fsp3) is 0.400. The van der Waals surface area contributed by atoms with Crippen molar-refractivity contribution in [2.45, 2.75) is 6.92 Å². The van der Waals surface area contributed by atoms with Crippen LogP contribution in [0.4, 0.5) is 0 Å². The molecule has 0 aromatic heterocycles. The van der Waals surface area contributed by atoms with E-state index in [0.717, 1.165) is 18.3 Å². The summed E-state index contributed by atoms with van der Waals surface area (Å²) in [5.74, 6) is 4.08. The van der Waals surface area contributed by atoms with Gasteiger partial charge < -0.3 is 15.0 Å². The van der Waals surface area contributed by atoms with E-state index >= 15 is 0 Å². The van der Waals surface area contributed by atoms with Gasteiger partial charge in [0.25, 0.3) is 0 Å². The van der Waals surface area contributed by atoms with E-state index in [1.165, 1.54) is 0 Å². The van der Waals surface area contributed by atoms with Crippen LogP contribution < -0.4 is 10.1 Å². The number of likely N-dealkylation sites (N-methyl/N-ethyl adjacent to an activating group) is 1. The molecule has 0 aliphatic heterocycles. The molecule has 0 heterocycles. The van der Waals surface area contributed by atoms with E-state index in [9.17, 15) is 0 Å². The first-order valence-electron chi connectivity index (χ1n) is 6.48. The van der Waals surface area contributed by atoms with Crippen LogP contribution in [0.15, 0.2) is 29.3 Å². The Balaban J connectivity index is 0.00000400. The van der Waals surface area contributed by atoms with E-state index < -0.39 is 0 Å². The third kappa shape index (κ3) is 8.02. The van der Waals surface area contributed by atoms with Crippen LogP contribution in [-0.4, -0.2) is 44.1 Å². The molecule has 0 unspecified atom stereocenters. The molecule has 0 fully saturated rings. The average Bonchev–Trinajstić information content (AvgIpc) is 2.45. The van der Waals surface area contributed by atoms with Crippen LogP contribution in [0.2, 0.25) is 5.02 Å². The lowest BCUT2D eigenvalue weighted by molar-refractivity contribution is 0.281. The number of rotatable bonds is 6. The number of nitrogens with one attached hydrogen (secondary N) is 1. The molecule has 0 atom stereocenters. The number of halogens is 2. The van der Waals surface area contributed by atoms with Crippen molar-refractivity contribution in [3.63, 3.8) is 0 Å². The third-order valence-corrected chi connectivity index (χ3v) is 2.78. The molecule has 0 amide bonds. The van der Waals surface area contributed by atoms with Crippen molar-refractivity contribution in [3.05, 3.63) is 29.3 Å². The Labute approximate surface area is 148 Å². The molecule has 0 bridgehead atoms. The van der Waals surface area contributed by atoms with Crippen molar-refractivity contribution in [2.24, 2.45) is 4.99 Å². The van der Waals surface area contributed by atoms with E-state index in [1.54, 1.807) is 12.1 Å². The predicted octanol–water partition coefficient (Wildman–Crippen LogP) is 2.87. The highest BCUT2D eigenvalue weighted by molar-refractivity contribution is 14.0. The van der Waals surface area contributed by atoms with Gasteiger partial charge in [0, 0.05) is 18.6 Å². The lowest BCUT2D eigenvalue weighted by Crippen LogP contribution is -2.41. The fourth-order valence-electron chi connectivity index (χ4n) is 1.53. The quantitative estimate of drug-likeness (QED) is 0.332. The summed E-state index contributed by atoms with van der Waals surface area (Å²) >= 11 is 5.82. The topological polar surface area (TPSA) is 36.9 Å². The van der Waals surface area contributed by atoms with E-state index in [-0.39, 0.29) is 24.0 Å². The second-order valence-corrected chi connectivity index (χ2v) is 4.53. The summed E-state index contributed by atoms with van der Waals surface area (Å²) in [5.41, 5.74) is 0. The van der Waals surface area contributed by atoms with Gasteiger partial charge in [-0.05, 0) is 31.2 Å². The number of hydrogen-bond donors (Lipinski definition) is 1. The molecule has 4 nitrogen and oxygen atoms in total. The Morgan fingerprint density at radius 3 is 2.67 bits per heavy atom. The number of hydrogen-bond acceptors (Lipinski definition) is 2. The van der Waals surface area contributed by atoms with Crippen molar-refractivity contribution in [2.75, 3.05) is 33.3 Å². The molecule has 1 N–H and O–H groups in total. The Hall–Kier alpha value is -1.13. The molecule has 0 saturated carbocycles. The van der Waals surface area contributed by atoms with E-state index in [1.807, 2.05) is 31.0 Å². The number of aliphatic imine (C=N–C) groups is 1. The van der Waals surface area contributed by atoms with Crippen LogP contribution in [0.1, 0.15) is 6.92 Å². The minimum absolute atomic E-state index is 0. The van der Waals surface area contributed by atoms with Gasteiger partial charge in [-0.25, -0.2) is 4.99 Å². The summed E-state index contributed by atoms with van der Waals surface area (Å²) in [6.45, 7) is 4.44. The maximum Gasteiger partial charge on any atom is 0.194 e. The van der Waals surface area contributed by atoms with E-state index in [0.29, 0.717) is 24.7 Å². The fourth-order valence-corrected chi connectivity index (χ4v) is 1.65. The minimum atomic E-state index is 0. The minimum Gasteiger partial charge on any atom is -0.492 e. The first kappa shape index (κ1) is 19.9. The van der Waals surface area contributed by atoms with Crippen molar-refractivity contribution in [3.8, 4) is 18.1 Å². The van der Waals surface area contributed by atoms with Crippen LogP contribution in [0.3, 0.4) is 0 Å². The molecule has 0 aliphatic rings. The summed E-state index contributed by atoms with van der Waals surface area (Å²) in [5, 5.41) is 3.88. The molecule has 0 saturated heterocycles. The monoisotopic (exact) mass is 421 g/mol. The highest BCUT2D eigenvalue weighted by atomic mass is 127. The average molecular weight is 422 g/mol. The SMILES string of the molecule is C#CCN=C(NCC)N(C)CCOc1ccc(Cl)cc1.I. The molecular weight excluding hydrogens is 401 g/mol. The summed E-state index contributed by atoms with van der Waals surface area (Å²) in [6.07, 6.45) is 5.22. The lowest BCUT2D eigenvalue weighted by Gasteiger charge is -2.21. The Kier molecular flexibility index (Phi) is 10.9. The van der Waals surface area contributed by atoms with Gasteiger partial charge in [-0.2, -0.15) is 0 Å². The molecule has 116 valence electrons. The Bertz CT molecular complexity index is 471. The first-order valence-corrected chi connectivity index (χ1v) is 6.86. The number of nitrogens with zero attached hydrogens (tertiary/aromatic N) is 2. The van der Waals surface area contributed by atoms with Gasteiger partial charge in [-0.1, -0.05) is 17.5 Å². The van der Waals surface area contributed by atoms with E-state index in [2.05, 4.69) is 16.2 Å². The van der Waals surface area contributed by atoms with Crippen molar-refractivity contribution in [1.29, 1.82) is 0 Å². The van der Waals surface area contributed by atoms with Gasteiger partial charge in [0.1, 0.15) is 18.9 Å². The Morgan fingerprint density at radius 2 is 2.10 bits per heavy atom. The van der Waals surface area contributed by atoms with Gasteiger partial charge >= 0.3 is 0 Å². The molecular formula is C15H21ClIN3O. The number of terminal acetylenes is 1. The summed E-state index contributed by atoms with van der Waals surface area (Å²) in [6, 6.07) is 7.30. The molecule has 0 radical (unpaired) electrons. The number of benzene rings is 1. The van der Waals surface area contributed by atoms with Crippen molar-refractivity contribution in [1.82, 2.24) is 10.2 Å². The molecule has 0 aliphatic carbocycles. The maximum absolute atomic E-state index is 5.82. The molecule has 1 aromatic carbocycles. The smallest absolute Gasteiger partial charge is 0.194 e. The molecule has 1 aromatic rings. The normalized spacial score (nSPS) is 10.3. The molecule has 21 heavy (non-hydrogen) atoms. The zero-order chi connectivity index (χ0) is 14.8.